The van der Waals surface area contributed by atoms with Gasteiger partial charge in [0.15, 0.2) is 5.58 Å². The number of aryl methyl sites for hydroxylation is 1. The highest BCUT2D eigenvalue weighted by Crippen LogP contribution is 2.31. The zero-order chi connectivity index (χ0) is 14.3. The molecule has 0 fully saturated rings. The maximum atomic E-state index is 13.6. The van der Waals surface area contributed by atoms with E-state index in [-0.39, 0.29) is 5.82 Å². The molecule has 0 amide bonds. The molecule has 2 aromatic carbocycles. The van der Waals surface area contributed by atoms with Crippen molar-refractivity contribution in [2.75, 3.05) is 0 Å². The summed E-state index contributed by atoms with van der Waals surface area (Å²) in [6, 6.07) is 11.8. The van der Waals surface area contributed by atoms with Crippen molar-refractivity contribution in [2.45, 2.75) is 13.0 Å². The average molecular weight is 290 g/mol. The fraction of sp³-hybridized carbons (Fsp3) is 0.125. The number of para-hydroxylation sites is 1. The molecule has 2 N–H and O–H groups in total. The molecule has 1 aromatic heterocycles. The normalized spacial score (nSPS) is 12.8. The van der Waals surface area contributed by atoms with Crippen LogP contribution in [0.2, 0.25) is 5.02 Å². The lowest BCUT2D eigenvalue weighted by Crippen LogP contribution is -2.11. The van der Waals surface area contributed by atoms with Crippen molar-refractivity contribution in [3.63, 3.8) is 0 Å². The minimum atomic E-state index is -0.520. The zero-order valence-corrected chi connectivity index (χ0v) is 11.6. The number of furan rings is 1. The molecular weight excluding hydrogens is 277 g/mol. The molecule has 0 spiro atoms. The van der Waals surface area contributed by atoms with Gasteiger partial charge >= 0.3 is 0 Å². The van der Waals surface area contributed by atoms with Crippen molar-refractivity contribution in [1.29, 1.82) is 0 Å². The molecule has 0 aliphatic heterocycles. The van der Waals surface area contributed by atoms with Gasteiger partial charge in [0.1, 0.15) is 11.6 Å². The number of halogens is 2. The van der Waals surface area contributed by atoms with Crippen molar-refractivity contribution < 1.29 is 8.81 Å². The van der Waals surface area contributed by atoms with Crippen LogP contribution in [0.25, 0.3) is 11.0 Å². The Hall–Kier alpha value is -1.84. The summed E-state index contributed by atoms with van der Waals surface area (Å²) in [5, 5.41) is 1.42. The van der Waals surface area contributed by atoms with Gasteiger partial charge in [-0.2, -0.15) is 0 Å². The lowest BCUT2D eigenvalue weighted by molar-refractivity contribution is 0.523. The van der Waals surface area contributed by atoms with E-state index < -0.39 is 6.04 Å². The van der Waals surface area contributed by atoms with Gasteiger partial charge in [-0.1, -0.05) is 35.9 Å². The third kappa shape index (κ3) is 2.19. The van der Waals surface area contributed by atoms with Crippen LogP contribution in [0.4, 0.5) is 4.39 Å². The van der Waals surface area contributed by atoms with Gasteiger partial charge in [-0.3, -0.25) is 0 Å². The summed E-state index contributed by atoms with van der Waals surface area (Å²) in [5.74, 6) is 0.295. The summed E-state index contributed by atoms with van der Waals surface area (Å²) in [6.45, 7) is 1.71. The topological polar surface area (TPSA) is 39.2 Å². The summed E-state index contributed by atoms with van der Waals surface area (Å²) >= 11 is 6.07. The van der Waals surface area contributed by atoms with E-state index in [0.29, 0.717) is 27.5 Å². The maximum absolute atomic E-state index is 13.6. The Morgan fingerprint density at radius 2 is 2.00 bits per heavy atom. The van der Waals surface area contributed by atoms with Crippen molar-refractivity contribution in [2.24, 2.45) is 5.73 Å². The van der Waals surface area contributed by atoms with E-state index in [1.54, 1.807) is 25.1 Å². The van der Waals surface area contributed by atoms with Crippen LogP contribution in [0.15, 0.2) is 46.9 Å². The summed E-state index contributed by atoms with van der Waals surface area (Å²) in [6.07, 6.45) is 0. The fourth-order valence-electron chi connectivity index (χ4n) is 2.17. The zero-order valence-electron chi connectivity index (χ0n) is 10.9. The summed E-state index contributed by atoms with van der Waals surface area (Å²) in [4.78, 5) is 0. The second kappa shape index (κ2) is 4.93. The van der Waals surface area contributed by atoms with Crippen LogP contribution in [0, 0.1) is 12.7 Å². The molecule has 0 aliphatic carbocycles. The lowest BCUT2D eigenvalue weighted by atomic mass is 10.0. The van der Waals surface area contributed by atoms with Gasteiger partial charge in [0.05, 0.1) is 11.1 Å². The first kappa shape index (κ1) is 13.2. The molecule has 1 atom stereocenters. The van der Waals surface area contributed by atoms with E-state index in [9.17, 15) is 4.39 Å². The van der Waals surface area contributed by atoms with Gasteiger partial charge in [0, 0.05) is 5.39 Å². The highest BCUT2D eigenvalue weighted by Gasteiger charge is 2.16. The van der Waals surface area contributed by atoms with E-state index in [0.717, 1.165) is 5.39 Å². The van der Waals surface area contributed by atoms with E-state index >= 15 is 0 Å². The second-order valence-electron chi connectivity index (χ2n) is 4.79. The SMILES string of the molecule is Cc1ccc(C(N)c2cc3cccc(Cl)c3o2)cc1F. The molecule has 4 heteroatoms. The highest BCUT2D eigenvalue weighted by atomic mass is 35.5. The first-order valence-corrected chi connectivity index (χ1v) is 6.63. The van der Waals surface area contributed by atoms with Crippen LogP contribution < -0.4 is 5.73 Å². The monoisotopic (exact) mass is 289 g/mol. The van der Waals surface area contributed by atoms with Crippen LogP contribution >= 0.6 is 11.6 Å². The molecule has 0 saturated heterocycles. The number of hydrogen-bond acceptors (Lipinski definition) is 2. The predicted octanol–water partition coefficient (Wildman–Crippen LogP) is 4.58. The standard InChI is InChI=1S/C16H13ClFNO/c1-9-5-6-10(7-13(9)18)15(19)14-8-11-3-2-4-12(17)16(11)20-14/h2-8,15H,19H2,1H3. The minimum Gasteiger partial charge on any atom is -0.457 e. The van der Waals surface area contributed by atoms with E-state index in [1.807, 2.05) is 18.2 Å². The smallest absolute Gasteiger partial charge is 0.152 e. The third-order valence-corrected chi connectivity index (χ3v) is 3.67. The van der Waals surface area contributed by atoms with E-state index in [1.165, 1.54) is 6.07 Å². The quantitative estimate of drug-likeness (QED) is 0.750. The Morgan fingerprint density at radius 1 is 1.20 bits per heavy atom. The van der Waals surface area contributed by atoms with Crippen molar-refractivity contribution in [1.82, 2.24) is 0 Å². The van der Waals surface area contributed by atoms with E-state index in [2.05, 4.69) is 0 Å². The Morgan fingerprint density at radius 3 is 2.70 bits per heavy atom. The molecule has 3 aromatic rings. The largest absolute Gasteiger partial charge is 0.457 e. The Kier molecular flexibility index (Phi) is 3.24. The summed E-state index contributed by atoms with van der Waals surface area (Å²) < 4.78 is 19.3. The lowest BCUT2D eigenvalue weighted by Gasteiger charge is -2.09. The molecule has 0 aliphatic rings. The molecular formula is C16H13ClFNO. The van der Waals surface area contributed by atoms with Crippen LogP contribution in [0.5, 0.6) is 0 Å². The Labute approximate surface area is 121 Å². The predicted molar refractivity (Wildman–Crippen MR) is 78.4 cm³/mol. The molecule has 0 radical (unpaired) electrons. The number of benzene rings is 2. The highest BCUT2D eigenvalue weighted by molar-refractivity contribution is 6.34. The van der Waals surface area contributed by atoms with Crippen molar-refractivity contribution in [3.05, 3.63) is 70.2 Å². The van der Waals surface area contributed by atoms with E-state index in [4.69, 9.17) is 21.8 Å². The van der Waals surface area contributed by atoms with Crippen LogP contribution in [-0.4, -0.2) is 0 Å². The third-order valence-electron chi connectivity index (χ3n) is 3.38. The molecule has 102 valence electrons. The van der Waals surface area contributed by atoms with Gasteiger partial charge in [-0.25, -0.2) is 4.39 Å². The number of hydrogen-bond donors (Lipinski definition) is 1. The van der Waals surface area contributed by atoms with Gasteiger partial charge in [-0.15, -0.1) is 0 Å². The number of nitrogens with two attached hydrogens (primary N) is 1. The molecule has 20 heavy (non-hydrogen) atoms. The number of fused-ring (bicyclic) bond motifs is 1. The molecule has 0 bridgehead atoms. The van der Waals surface area contributed by atoms with Crippen LogP contribution in [0.1, 0.15) is 22.9 Å². The maximum Gasteiger partial charge on any atom is 0.152 e. The molecule has 0 saturated carbocycles. The first-order chi connectivity index (χ1) is 9.56. The molecule has 3 rings (SSSR count). The number of rotatable bonds is 2. The first-order valence-electron chi connectivity index (χ1n) is 6.26. The average Bonchev–Trinajstić information content (AvgIpc) is 2.86. The van der Waals surface area contributed by atoms with Crippen LogP contribution in [0.3, 0.4) is 0 Å². The van der Waals surface area contributed by atoms with Gasteiger partial charge in [-0.05, 0) is 36.2 Å². The summed E-state index contributed by atoms with van der Waals surface area (Å²) in [5.41, 5.74) is 8.01. The van der Waals surface area contributed by atoms with Gasteiger partial charge in [0.2, 0.25) is 0 Å². The van der Waals surface area contributed by atoms with Gasteiger partial charge in [0.25, 0.3) is 0 Å². The molecule has 1 heterocycles. The van der Waals surface area contributed by atoms with Gasteiger partial charge < -0.3 is 10.2 Å². The second-order valence-corrected chi connectivity index (χ2v) is 5.20. The molecule has 1 unspecified atom stereocenters. The molecule has 2 nitrogen and oxygen atoms in total. The van der Waals surface area contributed by atoms with Crippen LogP contribution in [-0.2, 0) is 0 Å². The fourth-order valence-corrected chi connectivity index (χ4v) is 2.39. The van der Waals surface area contributed by atoms with Crippen molar-refractivity contribution in [3.8, 4) is 0 Å². The minimum absolute atomic E-state index is 0.271. The summed E-state index contributed by atoms with van der Waals surface area (Å²) in [7, 11) is 0. The Balaban J connectivity index is 2.05. The van der Waals surface area contributed by atoms with Crippen molar-refractivity contribution >= 4 is 22.6 Å². The Bertz CT molecular complexity index is 781.